The standard InChI is InChI=1S/C17H23N3O2/c1-2-3-5-10-14-15-11-22-12-16(21)17(20(15)19-18-14)13-8-6-4-7-9-13/h4,6-9,16-17,21H,2-3,5,10-12H2,1H3/t16-,17+/m0/s1. The lowest BCUT2D eigenvalue weighted by molar-refractivity contribution is 0.0235. The molecule has 2 aromatic rings. The second-order valence-electron chi connectivity index (χ2n) is 5.82. The molecule has 0 fully saturated rings. The molecule has 1 aliphatic rings. The molecule has 118 valence electrons. The van der Waals surface area contributed by atoms with E-state index in [1.807, 2.05) is 35.0 Å². The molecule has 1 N–H and O–H groups in total. The fourth-order valence-electron chi connectivity index (χ4n) is 3.00. The van der Waals surface area contributed by atoms with Gasteiger partial charge in [-0.2, -0.15) is 0 Å². The molecule has 5 nitrogen and oxygen atoms in total. The second kappa shape index (κ2) is 7.03. The van der Waals surface area contributed by atoms with Gasteiger partial charge in [0.15, 0.2) is 0 Å². The third-order valence-corrected chi connectivity index (χ3v) is 4.19. The van der Waals surface area contributed by atoms with E-state index in [-0.39, 0.29) is 6.04 Å². The number of hydrogen-bond acceptors (Lipinski definition) is 4. The third-order valence-electron chi connectivity index (χ3n) is 4.19. The highest BCUT2D eigenvalue weighted by atomic mass is 16.5. The fourth-order valence-corrected chi connectivity index (χ4v) is 3.00. The van der Waals surface area contributed by atoms with E-state index in [4.69, 9.17) is 4.74 Å². The van der Waals surface area contributed by atoms with Gasteiger partial charge in [-0.05, 0) is 18.4 Å². The molecule has 5 heteroatoms. The van der Waals surface area contributed by atoms with Crippen molar-refractivity contribution in [2.75, 3.05) is 6.61 Å². The van der Waals surface area contributed by atoms with E-state index < -0.39 is 6.10 Å². The van der Waals surface area contributed by atoms with Crippen molar-refractivity contribution in [3.05, 3.63) is 47.3 Å². The highest BCUT2D eigenvalue weighted by Gasteiger charge is 2.30. The lowest BCUT2D eigenvalue weighted by Crippen LogP contribution is -2.28. The van der Waals surface area contributed by atoms with Gasteiger partial charge < -0.3 is 9.84 Å². The summed E-state index contributed by atoms with van der Waals surface area (Å²) in [5.41, 5.74) is 3.04. The minimum atomic E-state index is -0.617. The number of nitrogens with zero attached hydrogens (tertiary/aromatic N) is 3. The molecular weight excluding hydrogens is 278 g/mol. The fraction of sp³-hybridized carbons (Fsp3) is 0.529. The average molecular weight is 301 g/mol. The first-order valence-corrected chi connectivity index (χ1v) is 8.05. The molecule has 0 saturated carbocycles. The number of rotatable bonds is 5. The maximum Gasteiger partial charge on any atom is 0.107 e. The maximum atomic E-state index is 10.5. The number of fused-ring (bicyclic) bond motifs is 1. The second-order valence-corrected chi connectivity index (χ2v) is 5.82. The predicted molar refractivity (Wildman–Crippen MR) is 83.5 cm³/mol. The Morgan fingerprint density at radius 1 is 1.27 bits per heavy atom. The largest absolute Gasteiger partial charge is 0.388 e. The van der Waals surface area contributed by atoms with E-state index >= 15 is 0 Å². The number of aryl methyl sites for hydroxylation is 1. The molecule has 2 atom stereocenters. The molecule has 1 aromatic carbocycles. The summed E-state index contributed by atoms with van der Waals surface area (Å²) in [6, 6.07) is 9.73. The van der Waals surface area contributed by atoms with Crippen molar-refractivity contribution in [3.63, 3.8) is 0 Å². The summed E-state index contributed by atoms with van der Waals surface area (Å²) < 4.78 is 7.49. The van der Waals surface area contributed by atoms with Gasteiger partial charge in [0.25, 0.3) is 0 Å². The summed E-state index contributed by atoms with van der Waals surface area (Å²) in [6.07, 6.45) is 3.79. The Bertz CT molecular complexity index is 597. The molecule has 1 aliphatic heterocycles. The minimum absolute atomic E-state index is 0.230. The van der Waals surface area contributed by atoms with Crippen LogP contribution in [0.1, 0.15) is 49.2 Å². The number of aromatic nitrogens is 3. The number of ether oxygens (including phenoxy) is 1. The first kappa shape index (κ1) is 15.2. The van der Waals surface area contributed by atoms with Crippen LogP contribution in [0.15, 0.2) is 30.3 Å². The molecule has 3 rings (SSSR count). The van der Waals surface area contributed by atoms with E-state index in [0.29, 0.717) is 13.2 Å². The third kappa shape index (κ3) is 3.05. The van der Waals surface area contributed by atoms with Gasteiger partial charge in [0, 0.05) is 0 Å². The molecule has 2 heterocycles. The van der Waals surface area contributed by atoms with Crippen molar-refractivity contribution in [2.24, 2.45) is 0 Å². The summed E-state index contributed by atoms with van der Waals surface area (Å²) in [4.78, 5) is 0. The van der Waals surface area contributed by atoms with E-state index in [2.05, 4.69) is 17.2 Å². The van der Waals surface area contributed by atoms with Gasteiger partial charge in [-0.15, -0.1) is 5.10 Å². The Morgan fingerprint density at radius 2 is 2.09 bits per heavy atom. The van der Waals surface area contributed by atoms with Crippen molar-refractivity contribution in [1.82, 2.24) is 15.0 Å². The van der Waals surface area contributed by atoms with Gasteiger partial charge in [-0.3, -0.25) is 0 Å². The van der Waals surface area contributed by atoms with Crippen LogP contribution in [-0.2, 0) is 17.8 Å². The van der Waals surface area contributed by atoms with Crippen LogP contribution in [-0.4, -0.2) is 32.8 Å². The van der Waals surface area contributed by atoms with Crippen LogP contribution in [0.2, 0.25) is 0 Å². The van der Waals surface area contributed by atoms with Gasteiger partial charge in [-0.1, -0.05) is 55.3 Å². The van der Waals surface area contributed by atoms with Crippen LogP contribution in [0.5, 0.6) is 0 Å². The Balaban J connectivity index is 1.92. The number of aliphatic hydroxyl groups excluding tert-OH is 1. The van der Waals surface area contributed by atoms with Crippen molar-refractivity contribution < 1.29 is 9.84 Å². The van der Waals surface area contributed by atoms with Crippen LogP contribution in [0.4, 0.5) is 0 Å². The zero-order chi connectivity index (χ0) is 15.4. The average Bonchev–Trinajstić information content (AvgIpc) is 2.84. The van der Waals surface area contributed by atoms with E-state index in [1.165, 1.54) is 12.8 Å². The Labute approximate surface area is 130 Å². The SMILES string of the molecule is CCCCCc1nnn2c1COC[C@H](O)[C@H]2c1ccccc1. The van der Waals surface area contributed by atoms with Gasteiger partial charge >= 0.3 is 0 Å². The van der Waals surface area contributed by atoms with Crippen LogP contribution < -0.4 is 0 Å². The van der Waals surface area contributed by atoms with E-state index in [9.17, 15) is 5.11 Å². The number of benzene rings is 1. The monoisotopic (exact) mass is 301 g/mol. The van der Waals surface area contributed by atoms with Gasteiger partial charge in [0.05, 0.1) is 24.6 Å². The Morgan fingerprint density at radius 3 is 2.86 bits per heavy atom. The van der Waals surface area contributed by atoms with Gasteiger partial charge in [0.2, 0.25) is 0 Å². The van der Waals surface area contributed by atoms with Crippen molar-refractivity contribution >= 4 is 0 Å². The summed E-state index contributed by atoms with van der Waals surface area (Å²) in [5, 5.41) is 19.1. The van der Waals surface area contributed by atoms with E-state index in [1.54, 1.807) is 0 Å². The smallest absolute Gasteiger partial charge is 0.107 e. The molecule has 1 aromatic heterocycles. The van der Waals surface area contributed by atoms with Crippen molar-refractivity contribution in [3.8, 4) is 0 Å². The highest BCUT2D eigenvalue weighted by Crippen LogP contribution is 2.27. The lowest BCUT2D eigenvalue weighted by Gasteiger charge is -2.21. The molecule has 0 amide bonds. The summed E-state index contributed by atoms with van der Waals surface area (Å²) in [6.45, 7) is 2.98. The Hall–Kier alpha value is -1.72. The zero-order valence-corrected chi connectivity index (χ0v) is 13.0. The molecule has 22 heavy (non-hydrogen) atoms. The number of hydrogen-bond donors (Lipinski definition) is 1. The maximum absolute atomic E-state index is 10.5. The highest BCUT2D eigenvalue weighted by molar-refractivity contribution is 5.24. The predicted octanol–water partition coefficient (Wildman–Crippen LogP) is 2.49. The molecular formula is C17H23N3O2. The Kier molecular flexibility index (Phi) is 4.85. The van der Waals surface area contributed by atoms with Crippen LogP contribution >= 0.6 is 0 Å². The number of unbranched alkanes of at least 4 members (excludes halogenated alkanes) is 2. The number of aliphatic hydroxyl groups is 1. The first-order chi connectivity index (χ1) is 10.8. The van der Waals surface area contributed by atoms with Gasteiger partial charge in [0.1, 0.15) is 12.1 Å². The van der Waals surface area contributed by atoms with Crippen molar-refractivity contribution in [1.29, 1.82) is 0 Å². The summed E-state index contributed by atoms with van der Waals surface area (Å²) in [5.74, 6) is 0. The summed E-state index contributed by atoms with van der Waals surface area (Å²) >= 11 is 0. The first-order valence-electron chi connectivity index (χ1n) is 8.05. The zero-order valence-electron chi connectivity index (χ0n) is 13.0. The molecule has 0 radical (unpaired) electrons. The normalized spacial score (nSPS) is 21.4. The topological polar surface area (TPSA) is 60.2 Å². The van der Waals surface area contributed by atoms with Crippen LogP contribution in [0.25, 0.3) is 0 Å². The molecule has 0 aliphatic carbocycles. The van der Waals surface area contributed by atoms with Gasteiger partial charge in [-0.25, -0.2) is 4.68 Å². The quantitative estimate of drug-likeness (QED) is 0.862. The van der Waals surface area contributed by atoms with Crippen molar-refractivity contribution in [2.45, 2.75) is 51.4 Å². The molecule has 0 unspecified atom stereocenters. The summed E-state index contributed by atoms with van der Waals surface area (Å²) in [7, 11) is 0. The molecule has 0 bridgehead atoms. The van der Waals surface area contributed by atoms with E-state index in [0.717, 1.165) is 29.8 Å². The molecule has 0 saturated heterocycles. The minimum Gasteiger partial charge on any atom is -0.388 e. The molecule has 0 spiro atoms. The lowest BCUT2D eigenvalue weighted by atomic mass is 10.0. The van der Waals surface area contributed by atoms with Crippen LogP contribution in [0.3, 0.4) is 0 Å². The van der Waals surface area contributed by atoms with Crippen LogP contribution in [0, 0.1) is 0 Å².